The van der Waals surface area contributed by atoms with Gasteiger partial charge in [-0.1, -0.05) is 42.1 Å². The van der Waals surface area contributed by atoms with E-state index in [-0.39, 0.29) is 11.7 Å². The lowest BCUT2D eigenvalue weighted by atomic mass is 10.0. The Hall–Kier alpha value is -2.27. The van der Waals surface area contributed by atoms with Crippen molar-refractivity contribution >= 4 is 77.5 Å². The minimum Gasteiger partial charge on any atom is -0.465 e. The van der Waals surface area contributed by atoms with E-state index >= 15 is 0 Å². The number of ether oxygens (including phenoxy) is 1. The van der Waals surface area contributed by atoms with Crippen LogP contribution in [0.5, 0.6) is 0 Å². The van der Waals surface area contributed by atoms with E-state index in [2.05, 4.69) is 38.1 Å². The Balaban J connectivity index is 1.58. The fourth-order valence-electron chi connectivity index (χ4n) is 3.21. The lowest BCUT2D eigenvalue weighted by Crippen LogP contribution is -2.16. The van der Waals surface area contributed by atoms with Gasteiger partial charge in [0.2, 0.25) is 5.91 Å². The number of carbonyl (C=O) groups excluding carboxylic acids is 2. The molecular formula is C22H18BrN3O3S3. The number of amides is 1. The van der Waals surface area contributed by atoms with Crippen molar-refractivity contribution in [3.63, 3.8) is 0 Å². The molecule has 0 spiro atoms. The average Bonchev–Trinajstić information content (AvgIpc) is 3.27. The van der Waals surface area contributed by atoms with Crippen LogP contribution in [-0.2, 0) is 9.53 Å². The van der Waals surface area contributed by atoms with E-state index < -0.39 is 5.97 Å². The Labute approximate surface area is 205 Å². The van der Waals surface area contributed by atoms with Crippen molar-refractivity contribution in [1.82, 2.24) is 9.97 Å². The summed E-state index contributed by atoms with van der Waals surface area (Å²) in [5, 5.41) is 5.10. The average molecular weight is 549 g/mol. The van der Waals surface area contributed by atoms with Gasteiger partial charge < -0.3 is 10.1 Å². The van der Waals surface area contributed by atoms with Crippen LogP contribution >= 0.6 is 50.4 Å². The number of carbonyl (C=O) groups is 2. The molecule has 3 heterocycles. The summed E-state index contributed by atoms with van der Waals surface area (Å²) in [5.74, 6) is -0.586. The number of benzene rings is 1. The van der Waals surface area contributed by atoms with Gasteiger partial charge in [0.15, 0.2) is 0 Å². The molecule has 0 aliphatic rings. The van der Waals surface area contributed by atoms with Gasteiger partial charge >= 0.3 is 5.97 Å². The van der Waals surface area contributed by atoms with Crippen molar-refractivity contribution in [3.8, 4) is 11.1 Å². The van der Waals surface area contributed by atoms with E-state index in [1.165, 1.54) is 41.4 Å². The lowest BCUT2D eigenvalue weighted by molar-refractivity contribution is -0.113. The topological polar surface area (TPSA) is 81.2 Å². The van der Waals surface area contributed by atoms with E-state index in [0.717, 1.165) is 30.2 Å². The highest BCUT2D eigenvalue weighted by molar-refractivity contribution is 9.11. The van der Waals surface area contributed by atoms with Gasteiger partial charge in [-0.3, -0.25) is 4.79 Å². The molecule has 10 heteroatoms. The maximum absolute atomic E-state index is 12.8. The Morgan fingerprint density at radius 2 is 1.91 bits per heavy atom. The Morgan fingerprint density at radius 3 is 2.62 bits per heavy atom. The highest BCUT2D eigenvalue weighted by atomic mass is 79.9. The van der Waals surface area contributed by atoms with Gasteiger partial charge in [-0.15, -0.1) is 22.7 Å². The van der Waals surface area contributed by atoms with E-state index in [1.54, 1.807) is 11.3 Å². The number of anilines is 1. The molecule has 6 nitrogen and oxygen atoms in total. The number of nitrogens with one attached hydrogen (secondary N) is 1. The third-order valence-electron chi connectivity index (χ3n) is 4.84. The van der Waals surface area contributed by atoms with Crippen molar-refractivity contribution in [2.24, 2.45) is 0 Å². The summed E-state index contributed by atoms with van der Waals surface area (Å²) in [7, 11) is 1.33. The van der Waals surface area contributed by atoms with Gasteiger partial charge in [0.25, 0.3) is 0 Å². The van der Waals surface area contributed by atoms with E-state index in [1.807, 2.05) is 37.3 Å². The van der Waals surface area contributed by atoms with Gasteiger partial charge in [-0.25, -0.2) is 14.8 Å². The number of thiophene rings is 2. The SMILES string of the molecule is COC(=O)c1c(NC(=O)CSc2ncnc3sc(C)c(C)c23)sc(Br)c1-c1ccccc1. The van der Waals surface area contributed by atoms with Gasteiger partial charge in [0.1, 0.15) is 26.7 Å². The second kappa shape index (κ2) is 9.70. The van der Waals surface area contributed by atoms with Crippen LogP contribution in [-0.4, -0.2) is 34.7 Å². The largest absolute Gasteiger partial charge is 0.465 e. The molecule has 1 aromatic carbocycles. The van der Waals surface area contributed by atoms with Crippen molar-refractivity contribution in [2.75, 3.05) is 18.2 Å². The second-order valence-corrected chi connectivity index (χ2v) is 11.3. The van der Waals surface area contributed by atoms with E-state index in [4.69, 9.17) is 4.74 Å². The number of rotatable bonds is 6. The predicted molar refractivity (Wildman–Crippen MR) is 135 cm³/mol. The van der Waals surface area contributed by atoms with Gasteiger partial charge in [0, 0.05) is 15.8 Å². The number of aromatic nitrogens is 2. The normalized spacial score (nSPS) is 11.0. The molecular weight excluding hydrogens is 530 g/mol. The quantitative estimate of drug-likeness (QED) is 0.173. The molecule has 0 aliphatic heterocycles. The van der Waals surface area contributed by atoms with Crippen molar-refractivity contribution in [2.45, 2.75) is 18.9 Å². The number of nitrogens with zero attached hydrogens (tertiary/aromatic N) is 2. The zero-order chi connectivity index (χ0) is 22.8. The number of hydrogen-bond acceptors (Lipinski definition) is 8. The molecule has 3 aromatic heterocycles. The smallest absolute Gasteiger partial charge is 0.341 e. The van der Waals surface area contributed by atoms with Crippen LogP contribution in [0.4, 0.5) is 5.00 Å². The number of fused-ring (bicyclic) bond motifs is 1. The van der Waals surface area contributed by atoms with Crippen LogP contribution in [0.1, 0.15) is 20.8 Å². The summed E-state index contributed by atoms with van der Waals surface area (Å²) in [6.45, 7) is 4.09. The molecule has 0 fully saturated rings. The minimum absolute atomic E-state index is 0.150. The van der Waals surface area contributed by atoms with Crippen LogP contribution in [0.15, 0.2) is 45.5 Å². The number of thioether (sulfide) groups is 1. The number of halogens is 1. The van der Waals surface area contributed by atoms with Crippen LogP contribution in [0.3, 0.4) is 0 Å². The molecule has 0 radical (unpaired) electrons. The van der Waals surface area contributed by atoms with E-state index in [9.17, 15) is 9.59 Å². The fourth-order valence-corrected chi connectivity index (χ4v) is 6.99. The van der Waals surface area contributed by atoms with Crippen molar-refractivity contribution < 1.29 is 14.3 Å². The highest BCUT2D eigenvalue weighted by Crippen LogP contribution is 2.44. The molecule has 4 rings (SSSR count). The first-order valence-corrected chi connectivity index (χ1v) is 12.9. The van der Waals surface area contributed by atoms with Gasteiger partial charge in [-0.2, -0.15) is 0 Å². The highest BCUT2D eigenvalue weighted by Gasteiger charge is 2.26. The first-order valence-electron chi connectivity index (χ1n) is 9.50. The minimum atomic E-state index is -0.504. The van der Waals surface area contributed by atoms with Crippen LogP contribution in [0, 0.1) is 13.8 Å². The Kier molecular flexibility index (Phi) is 6.94. The van der Waals surface area contributed by atoms with Crippen LogP contribution < -0.4 is 5.32 Å². The second-order valence-electron chi connectivity index (χ2n) is 6.79. The van der Waals surface area contributed by atoms with Gasteiger partial charge in [0.05, 0.1) is 16.6 Å². The molecule has 0 bridgehead atoms. The summed E-state index contributed by atoms with van der Waals surface area (Å²) in [4.78, 5) is 36.2. The third kappa shape index (κ3) is 4.45. The predicted octanol–water partition coefficient (Wildman–Crippen LogP) is 6.32. The fraction of sp³-hybridized carbons (Fsp3) is 0.182. The number of hydrogen-bond donors (Lipinski definition) is 1. The monoisotopic (exact) mass is 547 g/mol. The van der Waals surface area contributed by atoms with E-state index in [0.29, 0.717) is 16.1 Å². The molecule has 0 atom stereocenters. The number of aryl methyl sites for hydroxylation is 2. The number of esters is 1. The zero-order valence-electron chi connectivity index (χ0n) is 17.4. The first-order chi connectivity index (χ1) is 15.4. The molecule has 1 N–H and O–H groups in total. The zero-order valence-corrected chi connectivity index (χ0v) is 21.4. The molecule has 4 aromatic rings. The summed E-state index contributed by atoms with van der Waals surface area (Å²) < 4.78 is 5.75. The van der Waals surface area contributed by atoms with Crippen molar-refractivity contribution in [3.05, 3.63) is 56.4 Å². The number of methoxy groups -OCH3 is 1. The van der Waals surface area contributed by atoms with Crippen molar-refractivity contribution in [1.29, 1.82) is 0 Å². The van der Waals surface area contributed by atoms with Crippen LogP contribution in [0.25, 0.3) is 21.3 Å². The third-order valence-corrected chi connectivity index (χ3v) is 8.72. The Morgan fingerprint density at radius 1 is 1.16 bits per heavy atom. The molecule has 0 aliphatic carbocycles. The summed E-state index contributed by atoms with van der Waals surface area (Å²) in [6.07, 6.45) is 1.52. The maximum atomic E-state index is 12.8. The molecule has 164 valence electrons. The van der Waals surface area contributed by atoms with Crippen LogP contribution in [0.2, 0.25) is 0 Å². The molecule has 0 saturated carbocycles. The molecule has 0 saturated heterocycles. The summed E-state index contributed by atoms with van der Waals surface area (Å²) in [6, 6.07) is 9.51. The maximum Gasteiger partial charge on any atom is 0.341 e. The lowest BCUT2D eigenvalue weighted by Gasteiger charge is -2.08. The summed E-state index contributed by atoms with van der Waals surface area (Å²) >= 11 is 7.80. The molecule has 32 heavy (non-hydrogen) atoms. The van der Waals surface area contributed by atoms with Gasteiger partial charge in [-0.05, 0) is 40.9 Å². The summed E-state index contributed by atoms with van der Waals surface area (Å²) in [5.41, 5.74) is 3.03. The Bertz CT molecular complexity index is 1320. The molecule has 1 amide bonds. The molecule has 0 unspecified atom stereocenters. The first kappa shape index (κ1) is 22.9. The standard InChI is InChI=1S/C22H18BrN3O3S3/c1-11-12(2)31-20-15(11)19(24-10-25-20)30-9-14(27)26-21-17(22(28)29-3)16(18(23)32-21)13-7-5-4-6-8-13/h4-8,10H,9H2,1-3H3,(H,26,27).